The maximum atomic E-state index is 9.16. The fourth-order valence-electron chi connectivity index (χ4n) is 1.95. The zero-order chi connectivity index (χ0) is 14.8. The normalized spacial score (nSPS) is 12.9. The Hall–Kier alpha value is -0.240. The number of hydrogen-bond donors (Lipinski definition) is 6. The van der Waals surface area contributed by atoms with Crippen molar-refractivity contribution in [2.45, 2.75) is 32.1 Å². The standard InChI is InChI=1S/C13H28O6/c14-6-12(7-15,8-16)4-2-1-3-5-13(9-17,10-18)11-19/h14-19H,1-11H2. The average molecular weight is 280 g/mol. The molecule has 0 saturated carbocycles. The van der Waals surface area contributed by atoms with Crippen LogP contribution in [0.25, 0.3) is 0 Å². The molecule has 0 aromatic rings. The van der Waals surface area contributed by atoms with Crippen molar-refractivity contribution in [2.24, 2.45) is 10.8 Å². The molecule has 0 aliphatic heterocycles. The monoisotopic (exact) mass is 280 g/mol. The first kappa shape index (κ1) is 18.8. The summed E-state index contributed by atoms with van der Waals surface area (Å²) in [7, 11) is 0. The van der Waals surface area contributed by atoms with Crippen LogP contribution in [0.2, 0.25) is 0 Å². The topological polar surface area (TPSA) is 121 Å². The van der Waals surface area contributed by atoms with E-state index in [1.54, 1.807) is 0 Å². The summed E-state index contributed by atoms with van der Waals surface area (Å²) in [6, 6.07) is 0. The first-order valence-electron chi connectivity index (χ1n) is 6.73. The van der Waals surface area contributed by atoms with Crippen LogP contribution in [0.15, 0.2) is 0 Å². The van der Waals surface area contributed by atoms with Gasteiger partial charge in [-0.2, -0.15) is 0 Å². The summed E-state index contributed by atoms with van der Waals surface area (Å²) in [5.41, 5.74) is -1.66. The SMILES string of the molecule is OCC(CO)(CO)CCCCCC(CO)(CO)CO. The fraction of sp³-hybridized carbons (Fsp3) is 1.00. The van der Waals surface area contributed by atoms with E-state index in [0.29, 0.717) is 12.8 Å². The Balaban J connectivity index is 3.98. The fourth-order valence-corrected chi connectivity index (χ4v) is 1.95. The molecule has 0 aromatic carbocycles. The van der Waals surface area contributed by atoms with Crippen LogP contribution in [0.1, 0.15) is 32.1 Å². The molecule has 0 aromatic heterocycles. The van der Waals surface area contributed by atoms with E-state index in [1.165, 1.54) is 0 Å². The van der Waals surface area contributed by atoms with Gasteiger partial charge in [0.2, 0.25) is 0 Å². The Labute approximate surface area is 114 Å². The third-order valence-electron chi connectivity index (χ3n) is 3.93. The largest absolute Gasteiger partial charge is 0.396 e. The first-order valence-corrected chi connectivity index (χ1v) is 6.73. The van der Waals surface area contributed by atoms with Crippen molar-refractivity contribution in [3.05, 3.63) is 0 Å². The third-order valence-corrected chi connectivity index (χ3v) is 3.93. The number of hydrogen-bond acceptors (Lipinski definition) is 6. The van der Waals surface area contributed by atoms with E-state index in [1.807, 2.05) is 0 Å². The molecule has 6 nitrogen and oxygen atoms in total. The maximum Gasteiger partial charge on any atom is 0.0531 e. The lowest BCUT2D eigenvalue weighted by Crippen LogP contribution is -2.34. The summed E-state index contributed by atoms with van der Waals surface area (Å²) in [5, 5.41) is 54.9. The van der Waals surface area contributed by atoms with Crippen molar-refractivity contribution in [3.63, 3.8) is 0 Å². The highest BCUT2D eigenvalue weighted by atomic mass is 16.3. The molecule has 0 bridgehead atoms. The van der Waals surface area contributed by atoms with Gasteiger partial charge in [0.15, 0.2) is 0 Å². The number of aliphatic hydroxyl groups excluding tert-OH is 6. The third kappa shape index (κ3) is 5.72. The molecule has 0 atom stereocenters. The molecule has 0 spiro atoms. The quantitative estimate of drug-likeness (QED) is 0.251. The van der Waals surface area contributed by atoms with Gasteiger partial charge in [-0.05, 0) is 12.8 Å². The minimum absolute atomic E-state index is 0.256. The summed E-state index contributed by atoms with van der Waals surface area (Å²) in [6.07, 6.45) is 3.26. The molecule has 0 saturated heterocycles. The van der Waals surface area contributed by atoms with Crippen LogP contribution in [0, 0.1) is 10.8 Å². The van der Waals surface area contributed by atoms with E-state index < -0.39 is 10.8 Å². The molecule has 0 heterocycles. The predicted molar refractivity (Wildman–Crippen MR) is 70.5 cm³/mol. The van der Waals surface area contributed by atoms with Gasteiger partial charge in [-0.1, -0.05) is 19.3 Å². The second-order valence-electron chi connectivity index (χ2n) is 5.51. The van der Waals surface area contributed by atoms with Gasteiger partial charge < -0.3 is 30.6 Å². The van der Waals surface area contributed by atoms with Crippen LogP contribution in [0.3, 0.4) is 0 Å². The lowest BCUT2D eigenvalue weighted by atomic mass is 9.82. The molecule has 0 radical (unpaired) electrons. The van der Waals surface area contributed by atoms with Crippen LogP contribution >= 0.6 is 0 Å². The van der Waals surface area contributed by atoms with Gasteiger partial charge in [0.1, 0.15) is 0 Å². The molecule has 0 unspecified atom stereocenters. The van der Waals surface area contributed by atoms with E-state index in [0.717, 1.165) is 19.3 Å². The highest BCUT2D eigenvalue weighted by Crippen LogP contribution is 2.27. The Morgan fingerprint density at radius 2 is 0.684 bits per heavy atom. The van der Waals surface area contributed by atoms with E-state index in [4.69, 9.17) is 30.6 Å². The van der Waals surface area contributed by atoms with Crippen molar-refractivity contribution >= 4 is 0 Å². The maximum absolute atomic E-state index is 9.16. The van der Waals surface area contributed by atoms with Gasteiger partial charge in [-0.25, -0.2) is 0 Å². The Bertz CT molecular complexity index is 175. The van der Waals surface area contributed by atoms with Gasteiger partial charge in [-0.15, -0.1) is 0 Å². The second kappa shape index (κ2) is 9.63. The number of aliphatic hydroxyl groups is 6. The van der Waals surface area contributed by atoms with Gasteiger partial charge >= 0.3 is 0 Å². The van der Waals surface area contributed by atoms with Gasteiger partial charge in [0.05, 0.1) is 39.6 Å². The molecule has 0 amide bonds. The molecule has 6 heteroatoms. The van der Waals surface area contributed by atoms with Crippen molar-refractivity contribution in [1.82, 2.24) is 0 Å². The van der Waals surface area contributed by atoms with Gasteiger partial charge in [0, 0.05) is 10.8 Å². The summed E-state index contributed by atoms with van der Waals surface area (Å²) in [4.78, 5) is 0. The molecule has 0 aliphatic rings. The van der Waals surface area contributed by atoms with Crippen LogP contribution in [-0.4, -0.2) is 70.3 Å². The zero-order valence-corrected chi connectivity index (χ0v) is 11.5. The van der Waals surface area contributed by atoms with E-state index in [9.17, 15) is 0 Å². The van der Waals surface area contributed by atoms with Crippen molar-refractivity contribution in [2.75, 3.05) is 39.6 Å². The zero-order valence-electron chi connectivity index (χ0n) is 11.5. The van der Waals surface area contributed by atoms with Crippen molar-refractivity contribution < 1.29 is 30.6 Å². The molecular formula is C13H28O6. The minimum Gasteiger partial charge on any atom is -0.396 e. The molecule has 116 valence electrons. The molecule has 0 aliphatic carbocycles. The van der Waals surface area contributed by atoms with E-state index >= 15 is 0 Å². The Kier molecular flexibility index (Phi) is 9.51. The second-order valence-corrected chi connectivity index (χ2v) is 5.51. The summed E-state index contributed by atoms with van der Waals surface area (Å²) in [6.45, 7) is -1.54. The van der Waals surface area contributed by atoms with Crippen LogP contribution < -0.4 is 0 Å². The van der Waals surface area contributed by atoms with Crippen molar-refractivity contribution in [1.29, 1.82) is 0 Å². The van der Waals surface area contributed by atoms with Crippen LogP contribution in [-0.2, 0) is 0 Å². The molecular weight excluding hydrogens is 252 g/mol. The lowest BCUT2D eigenvalue weighted by Gasteiger charge is -2.28. The smallest absolute Gasteiger partial charge is 0.0531 e. The molecule has 19 heavy (non-hydrogen) atoms. The summed E-state index contributed by atoms with van der Waals surface area (Å²) < 4.78 is 0. The Morgan fingerprint density at radius 1 is 0.421 bits per heavy atom. The lowest BCUT2D eigenvalue weighted by molar-refractivity contribution is -0.00714. The molecule has 0 fully saturated rings. The number of unbranched alkanes of at least 4 members (excludes halogenated alkanes) is 2. The van der Waals surface area contributed by atoms with Crippen molar-refractivity contribution in [3.8, 4) is 0 Å². The highest BCUT2D eigenvalue weighted by Gasteiger charge is 2.29. The van der Waals surface area contributed by atoms with E-state index in [-0.39, 0.29) is 39.6 Å². The van der Waals surface area contributed by atoms with Crippen LogP contribution in [0.5, 0.6) is 0 Å². The highest BCUT2D eigenvalue weighted by molar-refractivity contribution is 4.79. The van der Waals surface area contributed by atoms with Crippen LogP contribution in [0.4, 0.5) is 0 Å². The Morgan fingerprint density at radius 3 is 0.895 bits per heavy atom. The number of rotatable bonds is 12. The summed E-state index contributed by atoms with van der Waals surface area (Å²) in [5.74, 6) is 0. The molecule has 0 rings (SSSR count). The van der Waals surface area contributed by atoms with Gasteiger partial charge in [-0.3, -0.25) is 0 Å². The molecule has 6 N–H and O–H groups in total. The minimum atomic E-state index is -0.831. The predicted octanol–water partition coefficient (Wildman–Crippen LogP) is -1.14. The first-order chi connectivity index (χ1) is 9.07. The summed E-state index contributed by atoms with van der Waals surface area (Å²) >= 11 is 0. The van der Waals surface area contributed by atoms with Gasteiger partial charge in [0.25, 0.3) is 0 Å². The van der Waals surface area contributed by atoms with E-state index in [2.05, 4.69) is 0 Å². The average Bonchev–Trinajstić information content (AvgIpc) is 2.48.